The molecule has 100 valence electrons. The number of rotatable bonds is 3. The molecular weight excluding hydrogens is 236 g/mol. The molecule has 3 aliphatic rings. The molecule has 2 atom stereocenters. The maximum Gasteiger partial charge on any atom is 0.163 e. The van der Waals surface area contributed by atoms with Gasteiger partial charge in [-0.25, -0.2) is 0 Å². The molecule has 0 saturated heterocycles. The number of fused-ring (bicyclic) bond motifs is 3. The van der Waals surface area contributed by atoms with Crippen LogP contribution in [0.3, 0.4) is 0 Å². The SMILES string of the molecule is CC(Nc1ccc(C#N)nn1)C1CC2CCC1CC2. The van der Waals surface area contributed by atoms with Crippen molar-refractivity contribution in [3.63, 3.8) is 0 Å². The van der Waals surface area contributed by atoms with Crippen LogP contribution >= 0.6 is 0 Å². The van der Waals surface area contributed by atoms with Crippen molar-refractivity contribution in [2.45, 2.75) is 45.1 Å². The summed E-state index contributed by atoms with van der Waals surface area (Å²) in [5, 5.41) is 20.1. The molecular formula is C15H20N4. The number of aromatic nitrogens is 2. The van der Waals surface area contributed by atoms with E-state index in [1.165, 1.54) is 32.1 Å². The number of anilines is 1. The number of nitrogens with one attached hydrogen (secondary N) is 1. The first-order chi connectivity index (χ1) is 9.26. The van der Waals surface area contributed by atoms with Crippen LogP contribution < -0.4 is 5.32 Å². The fraction of sp³-hybridized carbons (Fsp3) is 0.667. The van der Waals surface area contributed by atoms with Gasteiger partial charge in [-0.15, -0.1) is 10.2 Å². The van der Waals surface area contributed by atoms with Crippen LogP contribution in [0.1, 0.15) is 44.7 Å². The number of hydrogen-bond donors (Lipinski definition) is 1. The zero-order valence-electron chi connectivity index (χ0n) is 11.3. The minimum Gasteiger partial charge on any atom is -0.366 e. The lowest BCUT2D eigenvalue weighted by Gasteiger charge is -2.45. The van der Waals surface area contributed by atoms with Gasteiger partial charge >= 0.3 is 0 Å². The highest BCUT2D eigenvalue weighted by atomic mass is 15.2. The van der Waals surface area contributed by atoms with E-state index in [0.29, 0.717) is 11.7 Å². The van der Waals surface area contributed by atoms with E-state index in [1.807, 2.05) is 12.1 Å². The Labute approximate surface area is 114 Å². The molecule has 0 spiro atoms. The van der Waals surface area contributed by atoms with Crippen molar-refractivity contribution in [2.24, 2.45) is 17.8 Å². The molecule has 1 heterocycles. The summed E-state index contributed by atoms with van der Waals surface area (Å²) in [7, 11) is 0. The normalized spacial score (nSPS) is 30.6. The summed E-state index contributed by atoms with van der Waals surface area (Å²) in [6.07, 6.45) is 7.04. The van der Waals surface area contributed by atoms with Gasteiger partial charge in [0.15, 0.2) is 5.69 Å². The van der Waals surface area contributed by atoms with E-state index in [1.54, 1.807) is 6.07 Å². The molecule has 1 aromatic rings. The van der Waals surface area contributed by atoms with E-state index in [2.05, 4.69) is 22.4 Å². The number of nitrogens with zero attached hydrogens (tertiary/aromatic N) is 3. The Morgan fingerprint density at radius 1 is 1.26 bits per heavy atom. The summed E-state index contributed by atoms with van der Waals surface area (Å²) in [4.78, 5) is 0. The molecule has 3 aliphatic carbocycles. The van der Waals surface area contributed by atoms with Gasteiger partial charge in [0, 0.05) is 6.04 Å². The van der Waals surface area contributed by atoms with Crippen LogP contribution in [-0.2, 0) is 0 Å². The van der Waals surface area contributed by atoms with Crippen molar-refractivity contribution >= 4 is 5.82 Å². The predicted octanol–water partition coefficient (Wildman–Crippen LogP) is 2.97. The summed E-state index contributed by atoms with van der Waals surface area (Å²) in [5.41, 5.74) is 0.370. The second-order valence-electron chi connectivity index (χ2n) is 6.03. The lowest BCUT2D eigenvalue weighted by atomic mass is 9.63. The molecule has 0 radical (unpaired) electrons. The summed E-state index contributed by atoms with van der Waals surface area (Å²) < 4.78 is 0. The highest BCUT2D eigenvalue weighted by molar-refractivity contribution is 5.36. The van der Waals surface area contributed by atoms with Crippen molar-refractivity contribution in [3.05, 3.63) is 17.8 Å². The molecule has 4 heteroatoms. The van der Waals surface area contributed by atoms with Crippen LogP contribution in [0.2, 0.25) is 0 Å². The molecule has 19 heavy (non-hydrogen) atoms. The monoisotopic (exact) mass is 256 g/mol. The summed E-state index contributed by atoms with van der Waals surface area (Å²) in [6, 6.07) is 6.00. The fourth-order valence-corrected chi connectivity index (χ4v) is 3.85. The highest BCUT2D eigenvalue weighted by Crippen LogP contribution is 2.46. The van der Waals surface area contributed by atoms with Crippen LogP contribution in [0.5, 0.6) is 0 Å². The van der Waals surface area contributed by atoms with E-state index < -0.39 is 0 Å². The van der Waals surface area contributed by atoms with Crippen molar-refractivity contribution in [1.82, 2.24) is 10.2 Å². The van der Waals surface area contributed by atoms with E-state index in [4.69, 9.17) is 5.26 Å². The van der Waals surface area contributed by atoms with Gasteiger partial charge in [-0.2, -0.15) is 5.26 Å². The van der Waals surface area contributed by atoms with Gasteiger partial charge in [0.1, 0.15) is 11.9 Å². The van der Waals surface area contributed by atoms with E-state index in [0.717, 1.165) is 23.6 Å². The van der Waals surface area contributed by atoms with Gasteiger partial charge in [0.25, 0.3) is 0 Å². The topological polar surface area (TPSA) is 61.6 Å². The second-order valence-corrected chi connectivity index (χ2v) is 6.03. The van der Waals surface area contributed by atoms with Crippen LogP contribution in [0.15, 0.2) is 12.1 Å². The zero-order chi connectivity index (χ0) is 13.2. The predicted molar refractivity (Wildman–Crippen MR) is 73.4 cm³/mol. The third-order valence-electron chi connectivity index (χ3n) is 4.90. The Kier molecular flexibility index (Phi) is 3.37. The molecule has 0 aliphatic heterocycles. The van der Waals surface area contributed by atoms with Crippen LogP contribution in [0.4, 0.5) is 5.82 Å². The first-order valence-electron chi connectivity index (χ1n) is 7.26. The van der Waals surface area contributed by atoms with Crippen molar-refractivity contribution in [2.75, 3.05) is 5.32 Å². The van der Waals surface area contributed by atoms with E-state index in [9.17, 15) is 0 Å². The first-order valence-corrected chi connectivity index (χ1v) is 7.26. The Morgan fingerprint density at radius 2 is 2.05 bits per heavy atom. The maximum absolute atomic E-state index is 8.71. The summed E-state index contributed by atoms with van der Waals surface area (Å²) in [5.74, 6) is 3.39. The standard InChI is InChI=1S/C15H20N4/c1-10(14-8-11-2-4-12(14)5-3-11)17-15-7-6-13(9-16)18-19-15/h6-7,10-12,14H,2-5,8H2,1H3,(H,17,19). The molecule has 1 N–H and O–H groups in total. The van der Waals surface area contributed by atoms with Crippen molar-refractivity contribution < 1.29 is 0 Å². The van der Waals surface area contributed by atoms with Gasteiger partial charge < -0.3 is 5.32 Å². The summed E-state index contributed by atoms with van der Waals surface area (Å²) in [6.45, 7) is 2.26. The molecule has 3 saturated carbocycles. The van der Waals surface area contributed by atoms with Gasteiger partial charge in [0.2, 0.25) is 0 Å². The Hall–Kier alpha value is -1.63. The number of hydrogen-bond acceptors (Lipinski definition) is 4. The molecule has 0 amide bonds. The molecule has 2 unspecified atom stereocenters. The molecule has 2 bridgehead atoms. The lowest BCUT2D eigenvalue weighted by molar-refractivity contribution is 0.0891. The average molecular weight is 256 g/mol. The lowest BCUT2D eigenvalue weighted by Crippen LogP contribution is -2.40. The van der Waals surface area contributed by atoms with Crippen molar-refractivity contribution in [1.29, 1.82) is 5.26 Å². The minimum atomic E-state index is 0.370. The van der Waals surface area contributed by atoms with E-state index >= 15 is 0 Å². The first kappa shape index (κ1) is 12.4. The maximum atomic E-state index is 8.71. The van der Waals surface area contributed by atoms with Gasteiger partial charge in [-0.3, -0.25) is 0 Å². The van der Waals surface area contributed by atoms with Gasteiger partial charge in [0.05, 0.1) is 0 Å². The van der Waals surface area contributed by atoms with E-state index in [-0.39, 0.29) is 0 Å². The van der Waals surface area contributed by atoms with Crippen LogP contribution in [-0.4, -0.2) is 16.2 Å². The third kappa shape index (κ3) is 2.56. The van der Waals surface area contributed by atoms with Gasteiger partial charge in [-0.1, -0.05) is 12.8 Å². The Balaban J connectivity index is 1.64. The largest absolute Gasteiger partial charge is 0.366 e. The Morgan fingerprint density at radius 3 is 2.58 bits per heavy atom. The second kappa shape index (κ2) is 5.16. The zero-order valence-corrected chi connectivity index (χ0v) is 11.3. The Bertz CT molecular complexity index is 468. The smallest absolute Gasteiger partial charge is 0.163 e. The molecule has 3 fully saturated rings. The van der Waals surface area contributed by atoms with Gasteiger partial charge in [-0.05, 0) is 56.1 Å². The molecule has 1 aromatic heterocycles. The molecule has 0 aromatic carbocycles. The number of nitriles is 1. The third-order valence-corrected chi connectivity index (χ3v) is 4.90. The summed E-state index contributed by atoms with van der Waals surface area (Å²) >= 11 is 0. The fourth-order valence-electron chi connectivity index (χ4n) is 3.85. The average Bonchev–Trinajstić information content (AvgIpc) is 2.49. The molecule has 4 rings (SSSR count). The quantitative estimate of drug-likeness (QED) is 0.903. The van der Waals surface area contributed by atoms with Crippen molar-refractivity contribution in [3.8, 4) is 6.07 Å². The highest BCUT2D eigenvalue weighted by Gasteiger charge is 2.38. The molecule has 4 nitrogen and oxygen atoms in total. The van der Waals surface area contributed by atoms with Crippen LogP contribution in [0, 0.1) is 29.1 Å². The minimum absolute atomic E-state index is 0.370. The van der Waals surface area contributed by atoms with Crippen LogP contribution in [0.25, 0.3) is 0 Å².